The van der Waals surface area contributed by atoms with E-state index in [0.29, 0.717) is 46.1 Å². The van der Waals surface area contributed by atoms with Gasteiger partial charge in [-0.05, 0) is 61.6 Å². The normalized spacial score (nSPS) is 29.8. The Hall–Kier alpha value is -3.18. The second-order valence-corrected chi connectivity index (χ2v) is 10.8. The third-order valence-electron chi connectivity index (χ3n) is 8.53. The minimum Gasteiger partial charge on any atom is -0.490 e. The number of anilines is 1. The van der Waals surface area contributed by atoms with Crippen LogP contribution < -0.4 is 20.3 Å². The van der Waals surface area contributed by atoms with Crippen LogP contribution in [0.4, 0.5) is 10.1 Å². The molecule has 7 nitrogen and oxygen atoms in total. The molecule has 3 fully saturated rings. The maximum Gasteiger partial charge on any atom is 0.253 e. The Morgan fingerprint density at radius 1 is 1.26 bits per heavy atom. The second-order valence-electron chi connectivity index (χ2n) is 10.8. The lowest BCUT2D eigenvalue weighted by molar-refractivity contribution is 0.0914. The molecule has 1 aromatic carbocycles. The Labute approximate surface area is 203 Å². The number of rotatable bonds is 3. The number of nitrogens with one attached hydrogen (secondary N) is 2. The van der Waals surface area contributed by atoms with E-state index in [1.165, 1.54) is 24.5 Å². The highest BCUT2D eigenvalue weighted by molar-refractivity contribution is 5.94. The van der Waals surface area contributed by atoms with E-state index in [-0.39, 0.29) is 30.8 Å². The molecule has 180 valence electrons. The zero-order valence-corrected chi connectivity index (χ0v) is 19.5. The number of aryl methyl sites for hydroxylation is 1. The van der Waals surface area contributed by atoms with Gasteiger partial charge in [0.05, 0.1) is 17.3 Å². The summed E-state index contributed by atoms with van der Waals surface area (Å²) < 4.78 is 21.3. The summed E-state index contributed by atoms with van der Waals surface area (Å²) in [5, 5.41) is 16.5. The molecule has 2 aromatic rings. The molecule has 7 rings (SSSR count). The van der Waals surface area contributed by atoms with Crippen molar-refractivity contribution in [1.82, 2.24) is 15.6 Å². The number of piperazine rings is 1. The maximum absolute atomic E-state index is 15.3. The number of carbonyl (C=O) groups excluding carboxylic acids is 1. The molecule has 5 aliphatic rings. The topological polar surface area (TPSA) is 90.3 Å². The third kappa shape index (κ3) is 3.56. The summed E-state index contributed by atoms with van der Waals surface area (Å²) in [4.78, 5) is 19.7. The molecule has 2 aliphatic carbocycles. The lowest BCUT2D eigenvalue weighted by atomic mass is 9.94. The van der Waals surface area contributed by atoms with Crippen LogP contribution in [0.5, 0.6) is 5.75 Å². The van der Waals surface area contributed by atoms with E-state index >= 15 is 4.39 Å². The van der Waals surface area contributed by atoms with Crippen molar-refractivity contribution < 1.29 is 13.9 Å². The largest absolute Gasteiger partial charge is 0.490 e. The summed E-state index contributed by atoms with van der Waals surface area (Å²) in [6, 6.07) is 6.12. The lowest BCUT2D eigenvalue weighted by Crippen LogP contribution is -2.51. The number of benzene rings is 1. The Balaban J connectivity index is 1.11. The van der Waals surface area contributed by atoms with Crippen LogP contribution in [0.25, 0.3) is 0 Å². The Bertz CT molecular complexity index is 1260. The van der Waals surface area contributed by atoms with Crippen LogP contribution in [-0.2, 0) is 12.8 Å². The summed E-state index contributed by atoms with van der Waals surface area (Å²) >= 11 is 0. The first kappa shape index (κ1) is 21.1. The quantitative estimate of drug-likeness (QED) is 0.713. The molecule has 1 amide bonds. The molecular weight excluding hydrogens is 445 g/mol. The average Bonchev–Trinajstić information content (AvgIpc) is 3.61. The standard InChI is InChI=1S/C27H28FN5O2/c28-23-8-25(33-11-16-2-3-17(12-33)31-16)22(9-29)26-21(23)7-18(13-35-26)32-27(34)15-6-20-19-5-14(19)1-4-24(20)30-10-15/h6,8,10,14,16-19,31H,1-5,7,11-13H2,(H,32,34)/t14-,16?,17?,18-,19+/m1/s1. The highest BCUT2D eigenvalue weighted by atomic mass is 19.1. The number of aromatic nitrogens is 1. The first-order valence-electron chi connectivity index (χ1n) is 12.8. The number of fused-ring (bicyclic) bond motifs is 6. The van der Waals surface area contributed by atoms with Gasteiger partial charge in [-0.25, -0.2) is 4.39 Å². The highest BCUT2D eigenvalue weighted by Crippen LogP contribution is 2.54. The molecule has 3 aliphatic heterocycles. The fourth-order valence-electron chi connectivity index (χ4n) is 6.64. The van der Waals surface area contributed by atoms with Gasteiger partial charge in [0.2, 0.25) is 0 Å². The van der Waals surface area contributed by atoms with Gasteiger partial charge in [0.1, 0.15) is 29.8 Å². The van der Waals surface area contributed by atoms with Crippen molar-refractivity contribution >= 4 is 11.6 Å². The summed E-state index contributed by atoms with van der Waals surface area (Å²) in [5.74, 6) is 1.05. The maximum atomic E-state index is 15.3. The van der Waals surface area contributed by atoms with Crippen LogP contribution in [-0.4, -0.2) is 48.7 Å². The third-order valence-corrected chi connectivity index (χ3v) is 8.53. The predicted octanol–water partition coefficient (Wildman–Crippen LogP) is 2.82. The van der Waals surface area contributed by atoms with Crippen molar-refractivity contribution in [2.75, 3.05) is 24.6 Å². The number of pyridine rings is 1. The molecular formula is C27H28FN5O2. The minimum atomic E-state index is -0.381. The molecule has 0 radical (unpaired) electrons. The van der Waals surface area contributed by atoms with Crippen molar-refractivity contribution in [3.8, 4) is 11.8 Å². The molecule has 1 aromatic heterocycles. The summed E-state index contributed by atoms with van der Waals surface area (Å²) in [5.41, 5.74) is 4.26. The molecule has 35 heavy (non-hydrogen) atoms. The van der Waals surface area contributed by atoms with Crippen LogP contribution >= 0.6 is 0 Å². The predicted molar refractivity (Wildman–Crippen MR) is 127 cm³/mol. The molecule has 2 bridgehead atoms. The zero-order chi connectivity index (χ0) is 23.7. The fraction of sp³-hybridized carbons (Fsp3) is 0.519. The molecule has 4 heterocycles. The lowest BCUT2D eigenvalue weighted by Gasteiger charge is -2.36. The van der Waals surface area contributed by atoms with Gasteiger partial charge in [-0.3, -0.25) is 9.78 Å². The number of ether oxygens (including phenoxy) is 1. The molecule has 2 unspecified atom stereocenters. The minimum absolute atomic E-state index is 0.201. The average molecular weight is 474 g/mol. The summed E-state index contributed by atoms with van der Waals surface area (Å²) in [6.07, 6.45) is 7.54. The number of hydrogen-bond donors (Lipinski definition) is 2. The van der Waals surface area contributed by atoms with E-state index < -0.39 is 0 Å². The number of carbonyl (C=O) groups is 1. The molecule has 0 spiro atoms. The van der Waals surface area contributed by atoms with Crippen molar-refractivity contribution in [1.29, 1.82) is 5.26 Å². The van der Waals surface area contributed by atoms with Gasteiger partial charge in [-0.2, -0.15) is 5.26 Å². The fourth-order valence-corrected chi connectivity index (χ4v) is 6.64. The zero-order valence-electron chi connectivity index (χ0n) is 19.5. The van der Waals surface area contributed by atoms with Gasteiger partial charge < -0.3 is 20.3 Å². The van der Waals surface area contributed by atoms with Gasteiger partial charge in [0.25, 0.3) is 5.91 Å². The monoisotopic (exact) mass is 473 g/mol. The van der Waals surface area contributed by atoms with E-state index in [0.717, 1.165) is 44.0 Å². The molecule has 2 saturated heterocycles. The molecule has 8 heteroatoms. The first-order valence-corrected chi connectivity index (χ1v) is 12.8. The van der Waals surface area contributed by atoms with Crippen LogP contribution in [0.1, 0.15) is 64.3 Å². The first-order chi connectivity index (χ1) is 17.1. The molecule has 1 saturated carbocycles. The van der Waals surface area contributed by atoms with Crippen LogP contribution in [0.2, 0.25) is 0 Å². The number of nitriles is 1. The number of hydrogen-bond acceptors (Lipinski definition) is 6. The van der Waals surface area contributed by atoms with Gasteiger partial charge in [-0.1, -0.05) is 0 Å². The Morgan fingerprint density at radius 3 is 2.89 bits per heavy atom. The summed E-state index contributed by atoms with van der Waals surface area (Å²) in [7, 11) is 0. The van der Waals surface area contributed by atoms with E-state index in [9.17, 15) is 10.1 Å². The van der Waals surface area contributed by atoms with Crippen molar-refractivity contribution in [3.05, 3.63) is 52.1 Å². The van der Waals surface area contributed by atoms with Crippen LogP contribution in [0, 0.1) is 23.1 Å². The van der Waals surface area contributed by atoms with E-state index in [4.69, 9.17) is 4.74 Å². The Morgan fingerprint density at radius 2 is 2.09 bits per heavy atom. The van der Waals surface area contributed by atoms with Gasteiger partial charge >= 0.3 is 0 Å². The number of halogens is 1. The van der Waals surface area contributed by atoms with Crippen LogP contribution in [0.15, 0.2) is 18.3 Å². The smallest absolute Gasteiger partial charge is 0.253 e. The van der Waals surface area contributed by atoms with E-state index in [2.05, 4.69) is 26.6 Å². The van der Waals surface area contributed by atoms with Gasteiger partial charge in [0.15, 0.2) is 0 Å². The van der Waals surface area contributed by atoms with E-state index in [1.54, 1.807) is 6.20 Å². The van der Waals surface area contributed by atoms with E-state index in [1.807, 2.05) is 6.07 Å². The molecule has 2 N–H and O–H groups in total. The highest BCUT2D eigenvalue weighted by Gasteiger charge is 2.43. The second kappa shape index (κ2) is 7.92. The summed E-state index contributed by atoms with van der Waals surface area (Å²) in [6.45, 7) is 1.73. The molecule has 5 atom stereocenters. The van der Waals surface area contributed by atoms with Crippen molar-refractivity contribution in [2.45, 2.75) is 62.6 Å². The van der Waals surface area contributed by atoms with Gasteiger partial charge in [-0.15, -0.1) is 0 Å². The SMILES string of the molecule is N#Cc1c(N2CC3CCC(C2)N3)cc(F)c2c1OC[C@H](NC(=O)c1cnc3c(c1)[C@H]1C[C@H]1CC3)C2. The van der Waals surface area contributed by atoms with Crippen molar-refractivity contribution in [2.24, 2.45) is 5.92 Å². The Kier molecular flexibility index (Phi) is 4.78. The number of amides is 1. The van der Waals surface area contributed by atoms with Crippen LogP contribution in [0.3, 0.4) is 0 Å². The van der Waals surface area contributed by atoms with Crippen molar-refractivity contribution in [3.63, 3.8) is 0 Å². The van der Waals surface area contributed by atoms with Gasteiger partial charge in [0, 0.05) is 49.0 Å². The number of nitrogens with zero attached hydrogens (tertiary/aromatic N) is 3.